The number of thiazole rings is 1. The van der Waals surface area contributed by atoms with Crippen LogP contribution in [0.15, 0.2) is 36.4 Å². The highest BCUT2D eigenvalue weighted by atomic mass is 32.1. The molecule has 0 saturated carbocycles. The number of benzene rings is 2. The molecule has 3 aromatic rings. The fourth-order valence-electron chi connectivity index (χ4n) is 3.53. The summed E-state index contributed by atoms with van der Waals surface area (Å²) in [5.74, 6) is -0.480. The lowest BCUT2D eigenvalue weighted by atomic mass is 10.1. The van der Waals surface area contributed by atoms with Crippen LogP contribution >= 0.6 is 11.3 Å². The Labute approximate surface area is 184 Å². The summed E-state index contributed by atoms with van der Waals surface area (Å²) in [4.78, 5) is 21.7. The Bertz CT molecular complexity index is 1070. The minimum absolute atomic E-state index is 0.00142. The molecule has 1 heterocycles. The van der Waals surface area contributed by atoms with Crippen LogP contribution in [0.5, 0.6) is 0 Å². The summed E-state index contributed by atoms with van der Waals surface area (Å²) in [7, 11) is 0. The van der Waals surface area contributed by atoms with Gasteiger partial charge in [0.1, 0.15) is 0 Å². The molecular formula is C23H26F3N3OS. The van der Waals surface area contributed by atoms with E-state index in [9.17, 15) is 18.0 Å². The molecule has 0 spiro atoms. The van der Waals surface area contributed by atoms with Crippen molar-refractivity contribution in [2.24, 2.45) is 0 Å². The molecule has 0 aliphatic carbocycles. The van der Waals surface area contributed by atoms with E-state index in [0.717, 1.165) is 46.6 Å². The zero-order valence-corrected chi connectivity index (χ0v) is 18.9. The van der Waals surface area contributed by atoms with Gasteiger partial charge in [-0.15, -0.1) is 0 Å². The molecule has 31 heavy (non-hydrogen) atoms. The van der Waals surface area contributed by atoms with Gasteiger partial charge in [-0.05, 0) is 62.3 Å². The monoisotopic (exact) mass is 449 g/mol. The predicted octanol–water partition coefficient (Wildman–Crippen LogP) is 5.92. The first-order valence-electron chi connectivity index (χ1n) is 10.2. The van der Waals surface area contributed by atoms with Crippen LogP contribution in [0.3, 0.4) is 0 Å². The molecule has 166 valence electrons. The molecule has 0 radical (unpaired) electrons. The lowest BCUT2D eigenvalue weighted by Gasteiger charge is -2.25. The van der Waals surface area contributed by atoms with Gasteiger partial charge in [-0.2, -0.15) is 13.2 Å². The molecule has 3 rings (SSSR count). The van der Waals surface area contributed by atoms with Crippen LogP contribution < -0.4 is 4.90 Å². The second-order valence-corrected chi connectivity index (χ2v) is 8.47. The molecule has 0 N–H and O–H groups in total. The van der Waals surface area contributed by atoms with Crippen molar-refractivity contribution in [3.05, 3.63) is 58.7 Å². The zero-order chi connectivity index (χ0) is 22.8. The SMILES string of the molecule is CCN(CC)CCN(C(=O)c1cccc(C(F)(F)F)c1)c1nc2cc(C)cc(C)c2s1. The van der Waals surface area contributed by atoms with Gasteiger partial charge in [-0.1, -0.05) is 37.3 Å². The lowest BCUT2D eigenvalue weighted by molar-refractivity contribution is -0.137. The van der Waals surface area contributed by atoms with Crippen molar-refractivity contribution < 1.29 is 18.0 Å². The lowest BCUT2D eigenvalue weighted by Crippen LogP contribution is -2.39. The van der Waals surface area contributed by atoms with E-state index in [0.29, 0.717) is 18.2 Å². The summed E-state index contributed by atoms with van der Waals surface area (Å²) in [6.45, 7) is 10.6. The Hall–Kier alpha value is -2.45. The van der Waals surface area contributed by atoms with Gasteiger partial charge in [0.2, 0.25) is 0 Å². The Morgan fingerprint density at radius 2 is 1.77 bits per heavy atom. The van der Waals surface area contributed by atoms with Crippen LogP contribution in [-0.2, 0) is 6.18 Å². The molecule has 0 bridgehead atoms. The summed E-state index contributed by atoms with van der Waals surface area (Å²) in [5, 5.41) is 0.498. The number of carbonyl (C=O) groups is 1. The van der Waals surface area contributed by atoms with Crippen molar-refractivity contribution in [1.82, 2.24) is 9.88 Å². The van der Waals surface area contributed by atoms with Crippen LogP contribution in [-0.4, -0.2) is 42.0 Å². The maximum atomic E-state index is 13.3. The molecule has 2 aromatic carbocycles. The molecule has 0 aliphatic heterocycles. The second kappa shape index (κ2) is 9.36. The standard InChI is InChI=1S/C23H26F3N3OS/c1-5-28(6-2)10-11-29(21(30)17-8-7-9-18(14-17)23(24,25)26)22-27-19-13-15(3)12-16(4)20(19)31-22/h7-9,12-14H,5-6,10-11H2,1-4H3. The first-order valence-corrected chi connectivity index (χ1v) is 11.0. The van der Waals surface area contributed by atoms with E-state index in [4.69, 9.17) is 0 Å². The largest absolute Gasteiger partial charge is 0.416 e. The smallest absolute Gasteiger partial charge is 0.302 e. The van der Waals surface area contributed by atoms with Crippen molar-refractivity contribution in [3.63, 3.8) is 0 Å². The van der Waals surface area contributed by atoms with Gasteiger partial charge in [0.05, 0.1) is 15.8 Å². The number of rotatable bonds is 7. The third kappa shape index (κ3) is 5.25. The molecule has 0 unspecified atom stereocenters. The number of fused-ring (bicyclic) bond motifs is 1. The van der Waals surface area contributed by atoms with Crippen molar-refractivity contribution in [2.45, 2.75) is 33.9 Å². The Kier molecular flexibility index (Phi) is 7.01. The highest BCUT2D eigenvalue weighted by Crippen LogP contribution is 2.34. The van der Waals surface area contributed by atoms with Crippen molar-refractivity contribution >= 4 is 32.6 Å². The first kappa shape index (κ1) is 23.2. The van der Waals surface area contributed by atoms with Gasteiger partial charge in [-0.3, -0.25) is 9.69 Å². The van der Waals surface area contributed by atoms with Gasteiger partial charge in [0, 0.05) is 18.7 Å². The minimum Gasteiger partial charge on any atom is -0.302 e. The Morgan fingerprint density at radius 1 is 1.06 bits per heavy atom. The predicted molar refractivity (Wildman–Crippen MR) is 120 cm³/mol. The van der Waals surface area contributed by atoms with Crippen molar-refractivity contribution in [2.75, 3.05) is 31.1 Å². The number of hydrogen-bond donors (Lipinski definition) is 0. The highest BCUT2D eigenvalue weighted by molar-refractivity contribution is 7.22. The number of likely N-dealkylation sites (N-methyl/N-ethyl adjacent to an activating group) is 1. The molecule has 8 heteroatoms. The normalized spacial score (nSPS) is 12.0. The number of aromatic nitrogens is 1. The average Bonchev–Trinajstić information content (AvgIpc) is 3.14. The minimum atomic E-state index is -4.51. The third-order valence-corrected chi connectivity index (χ3v) is 6.49. The summed E-state index contributed by atoms with van der Waals surface area (Å²) in [5.41, 5.74) is 2.09. The summed E-state index contributed by atoms with van der Waals surface area (Å²) < 4.78 is 40.5. The molecular weight excluding hydrogens is 423 g/mol. The van der Waals surface area contributed by atoms with Crippen LogP contribution in [0.25, 0.3) is 10.2 Å². The fraction of sp³-hybridized carbons (Fsp3) is 0.391. The number of aryl methyl sites for hydroxylation is 2. The number of nitrogens with zero attached hydrogens (tertiary/aromatic N) is 3. The van der Waals surface area contributed by atoms with Crippen LogP contribution in [0.1, 0.15) is 40.9 Å². The number of amides is 1. The van der Waals surface area contributed by atoms with E-state index in [2.05, 4.69) is 16.0 Å². The van der Waals surface area contributed by atoms with Crippen molar-refractivity contribution in [1.29, 1.82) is 0 Å². The third-order valence-electron chi connectivity index (χ3n) is 5.26. The molecule has 1 aromatic heterocycles. The molecule has 0 atom stereocenters. The van der Waals surface area contributed by atoms with E-state index >= 15 is 0 Å². The Balaban J connectivity index is 2.02. The summed E-state index contributed by atoms with van der Waals surface area (Å²) in [6, 6.07) is 8.59. The van der Waals surface area contributed by atoms with Crippen LogP contribution in [0, 0.1) is 13.8 Å². The number of halogens is 3. The van der Waals surface area contributed by atoms with Gasteiger partial charge in [0.15, 0.2) is 5.13 Å². The number of carbonyl (C=O) groups excluding carboxylic acids is 1. The summed E-state index contributed by atoms with van der Waals surface area (Å²) >= 11 is 1.39. The molecule has 1 amide bonds. The van der Waals surface area contributed by atoms with E-state index < -0.39 is 17.6 Å². The second-order valence-electron chi connectivity index (χ2n) is 7.49. The van der Waals surface area contributed by atoms with Crippen molar-refractivity contribution in [3.8, 4) is 0 Å². The number of alkyl halides is 3. The Morgan fingerprint density at radius 3 is 2.42 bits per heavy atom. The van der Waals surface area contributed by atoms with Gasteiger partial charge in [-0.25, -0.2) is 4.98 Å². The first-order chi connectivity index (χ1) is 14.6. The molecule has 0 fully saturated rings. The van der Waals surface area contributed by atoms with E-state index in [-0.39, 0.29) is 5.56 Å². The number of anilines is 1. The number of hydrogen-bond acceptors (Lipinski definition) is 4. The topological polar surface area (TPSA) is 36.4 Å². The van der Waals surface area contributed by atoms with Crippen LogP contribution in [0.2, 0.25) is 0 Å². The van der Waals surface area contributed by atoms with Gasteiger partial charge >= 0.3 is 6.18 Å². The molecule has 0 aliphatic rings. The maximum absolute atomic E-state index is 13.3. The van der Waals surface area contributed by atoms with Gasteiger partial charge < -0.3 is 4.90 Å². The highest BCUT2D eigenvalue weighted by Gasteiger charge is 2.32. The quantitative estimate of drug-likeness (QED) is 0.449. The fourth-order valence-corrected chi connectivity index (χ4v) is 4.57. The molecule has 0 saturated heterocycles. The van der Waals surface area contributed by atoms with E-state index in [1.54, 1.807) is 0 Å². The molecule has 4 nitrogen and oxygen atoms in total. The average molecular weight is 450 g/mol. The van der Waals surface area contributed by atoms with Crippen LogP contribution in [0.4, 0.5) is 18.3 Å². The van der Waals surface area contributed by atoms with E-state index in [1.807, 2.05) is 33.8 Å². The summed E-state index contributed by atoms with van der Waals surface area (Å²) in [6.07, 6.45) is -4.51. The zero-order valence-electron chi connectivity index (χ0n) is 18.1. The van der Waals surface area contributed by atoms with Gasteiger partial charge in [0.25, 0.3) is 5.91 Å². The van der Waals surface area contributed by atoms with E-state index in [1.165, 1.54) is 28.4 Å². The maximum Gasteiger partial charge on any atom is 0.416 e.